The van der Waals surface area contributed by atoms with Crippen LogP contribution in [-0.4, -0.2) is 89.1 Å². The SMILES string of the molecule is NCNCC(=O)CCC(=O)NCCCC[C@H](NC(CCc1ccccc1)C(=O)O)C(=O)N1CCCC1C(=O)O. The Hall–Kier alpha value is -3.35. The number of carbonyl (C=O) groups is 5. The van der Waals surface area contributed by atoms with E-state index >= 15 is 0 Å². The second-order valence-corrected chi connectivity index (χ2v) is 9.68. The predicted octanol–water partition coefficient (Wildman–Crippen LogP) is 0.248. The molecule has 1 fully saturated rings. The molecule has 12 nitrogen and oxygen atoms in total. The molecule has 0 aliphatic carbocycles. The van der Waals surface area contributed by atoms with Crippen LogP contribution >= 0.6 is 0 Å². The lowest BCUT2D eigenvalue weighted by atomic mass is 10.0. The average Bonchev–Trinajstić information content (AvgIpc) is 3.42. The first kappa shape index (κ1) is 31.9. The Morgan fingerprint density at radius 1 is 1.00 bits per heavy atom. The molecule has 2 unspecified atom stereocenters. The van der Waals surface area contributed by atoms with Gasteiger partial charge in [0.2, 0.25) is 11.8 Å². The standard InChI is InChI=1S/C27H41N5O7/c28-18-29-17-20(33)12-14-24(34)30-15-5-4-9-21(25(35)32-16-6-10-23(32)27(38)39)31-22(26(36)37)13-11-19-7-2-1-3-8-19/h1-3,7-8,21-23,29,31H,4-6,9-18,28H2,(H,30,34)(H,36,37)(H,38,39)/t21-,22?,23?/m0/s1. The minimum atomic E-state index is -1.08. The number of carbonyl (C=O) groups excluding carboxylic acids is 3. The molecular weight excluding hydrogens is 506 g/mol. The maximum absolute atomic E-state index is 13.4. The van der Waals surface area contributed by atoms with Crippen LogP contribution < -0.4 is 21.7 Å². The highest BCUT2D eigenvalue weighted by Gasteiger charge is 2.38. The molecule has 1 saturated heterocycles. The number of amides is 2. The highest BCUT2D eigenvalue weighted by molar-refractivity contribution is 5.88. The zero-order valence-corrected chi connectivity index (χ0v) is 22.3. The molecule has 7 N–H and O–H groups in total. The van der Waals surface area contributed by atoms with E-state index < -0.39 is 36.0 Å². The molecule has 1 aliphatic rings. The van der Waals surface area contributed by atoms with Crippen molar-refractivity contribution in [3.05, 3.63) is 35.9 Å². The van der Waals surface area contributed by atoms with Gasteiger partial charge in [0, 0.05) is 32.6 Å². The van der Waals surface area contributed by atoms with Crippen LogP contribution in [0.1, 0.15) is 56.9 Å². The van der Waals surface area contributed by atoms with Crippen LogP contribution in [0.5, 0.6) is 0 Å². The number of aryl methyl sites for hydroxylation is 1. The van der Waals surface area contributed by atoms with E-state index in [0.29, 0.717) is 45.2 Å². The molecule has 3 atom stereocenters. The van der Waals surface area contributed by atoms with E-state index in [0.717, 1.165) is 5.56 Å². The van der Waals surface area contributed by atoms with Crippen LogP contribution in [0.4, 0.5) is 0 Å². The summed E-state index contributed by atoms with van der Waals surface area (Å²) in [6.45, 7) is 0.956. The maximum Gasteiger partial charge on any atom is 0.326 e. The lowest BCUT2D eigenvalue weighted by Crippen LogP contribution is -2.54. The minimum Gasteiger partial charge on any atom is -0.480 e. The van der Waals surface area contributed by atoms with E-state index in [-0.39, 0.29) is 50.6 Å². The number of hydrogen-bond acceptors (Lipinski definition) is 8. The molecule has 0 radical (unpaired) electrons. The van der Waals surface area contributed by atoms with Crippen molar-refractivity contribution in [2.75, 3.05) is 26.3 Å². The highest BCUT2D eigenvalue weighted by Crippen LogP contribution is 2.20. The van der Waals surface area contributed by atoms with Crippen molar-refractivity contribution in [1.29, 1.82) is 0 Å². The molecule has 1 aromatic carbocycles. The van der Waals surface area contributed by atoms with E-state index in [9.17, 15) is 34.2 Å². The molecule has 2 amide bonds. The fourth-order valence-electron chi connectivity index (χ4n) is 4.58. The van der Waals surface area contributed by atoms with Gasteiger partial charge in [0.05, 0.1) is 12.6 Å². The summed E-state index contributed by atoms with van der Waals surface area (Å²) in [5.74, 6) is -2.93. The minimum absolute atomic E-state index is 0.0704. The fraction of sp³-hybridized carbons (Fsp3) is 0.593. The van der Waals surface area contributed by atoms with Crippen LogP contribution in [0.25, 0.3) is 0 Å². The van der Waals surface area contributed by atoms with Gasteiger partial charge in [-0.3, -0.25) is 29.8 Å². The van der Waals surface area contributed by atoms with Gasteiger partial charge >= 0.3 is 11.9 Å². The summed E-state index contributed by atoms with van der Waals surface area (Å²) in [6.07, 6.45) is 3.20. The number of nitrogens with one attached hydrogen (secondary N) is 3. The number of Topliss-reactive ketones (excluding diaryl/α,β-unsaturated/α-hetero) is 1. The molecule has 39 heavy (non-hydrogen) atoms. The summed E-state index contributed by atoms with van der Waals surface area (Å²) < 4.78 is 0. The summed E-state index contributed by atoms with van der Waals surface area (Å²) in [4.78, 5) is 62.0. The second kappa shape index (κ2) is 17.3. The number of nitrogens with two attached hydrogens (primary N) is 1. The topological polar surface area (TPSA) is 191 Å². The highest BCUT2D eigenvalue weighted by atomic mass is 16.4. The number of unbranched alkanes of at least 4 members (excludes halogenated alkanes) is 1. The third kappa shape index (κ3) is 11.5. The number of ketones is 1. The lowest BCUT2D eigenvalue weighted by molar-refractivity contribution is -0.149. The van der Waals surface area contributed by atoms with Crippen molar-refractivity contribution in [1.82, 2.24) is 20.9 Å². The monoisotopic (exact) mass is 547 g/mol. The molecule has 0 bridgehead atoms. The number of rotatable bonds is 19. The second-order valence-electron chi connectivity index (χ2n) is 9.68. The maximum atomic E-state index is 13.4. The normalized spacial score (nSPS) is 16.4. The summed E-state index contributed by atoms with van der Waals surface area (Å²) >= 11 is 0. The van der Waals surface area contributed by atoms with Crippen molar-refractivity contribution >= 4 is 29.5 Å². The van der Waals surface area contributed by atoms with E-state index in [1.807, 2.05) is 30.3 Å². The smallest absolute Gasteiger partial charge is 0.326 e. The largest absolute Gasteiger partial charge is 0.480 e. The molecule has 1 aromatic rings. The van der Waals surface area contributed by atoms with Gasteiger partial charge < -0.3 is 26.2 Å². The summed E-state index contributed by atoms with van der Waals surface area (Å²) in [5.41, 5.74) is 6.26. The van der Waals surface area contributed by atoms with Crippen LogP contribution in [0.2, 0.25) is 0 Å². The number of benzene rings is 1. The molecule has 1 heterocycles. The first-order valence-corrected chi connectivity index (χ1v) is 13.5. The third-order valence-corrected chi connectivity index (χ3v) is 6.72. The van der Waals surface area contributed by atoms with Gasteiger partial charge in [0.25, 0.3) is 0 Å². The van der Waals surface area contributed by atoms with E-state index in [2.05, 4.69) is 16.0 Å². The first-order chi connectivity index (χ1) is 18.7. The third-order valence-electron chi connectivity index (χ3n) is 6.72. The molecule has 216 valence electrons. The molecule has 0 saturated carbocycles. The Morgan fingerprint density at radius 2 is 1.74 bits per heavy atom. The molecular formula is C27H41N5O7. The zero-order chi connectivity index (χ0) is 28.6. The quantitative estimate of drug-likeness (QED) is 0.103. The van der Waals surface area contributed by atoms with E-state index in [1.54, 1.807) is 0 Å². The van der Waals surface area contributed by atoms with Gasteiger partial charge in [-0.05, 0) is 50.5 Å². The van der Waals surface area contributed by atoms with Crippen molar-refractivity contribution in [2.45, 2.75) is 75.9 Å². The van der Waals surface area contributed by atoms with Crippen molar-refractivity contribution in [3.63, 3.8) is 0 Å². The Labute approximate surface area is 228 Å². The Kier molecular flexibility index (Phi) is 14.1. The molecule has 0 spiro atoms. The summed E-state index contributed by atoms with van der Waals surface area (Å²) in [5, 5.41) is 27.8. The zero-order valence-electron chi connectivity index (χ0n) is 22.3. The van der Waals surface area contributed by atoms with Gasteiger partial charge in [0.15, 0.2) is 0 Å². The molecule has 1 aliphatic heterocycles. The van der Waals surface area contributed by atoms with Crippen molar-refractivity contribution in [2.24, 2.45) is 5.73 Å². The van der Waals surface area contributed by atoms with E-state index in [1.165, 1.54) is 4.90 Å². The summed E-state index contributed by atoms with van der Waals surface area (Å²) in [6, 6.07) is 6.66. The van der Waals surface area contributed by atoms with Gasteiger partial charge in [-0.2, -0.15) is 0 Å². The van der Waals surface area contributed by atoms with Gasteiger partial charge in [-0.15, -0.1) is 0 Å². The van der Waals surface area contributed by atoms with Crippen LogP contribution in [0.15, 0.2) is 30.3 Å². The lowest BCUT2D eigenvalue weighted by Gasteiger charge is -2.29. The fourth-order valence-corrected chi connectivity index (χ4v) is 4.58. The summed E-state index contributed by atoms with van der Waals surface area (Å²) in [7, 11) is 0. The van der Waals surface area contributed by atoms with E-state index in [4.69, 9.17) is 5.73 Å². The van der Waals surface area contributed by atoms with Gasteiger partial charge in [-0.1, -0.05) is 30.3 Å². The van der Waals surface area contributed by atoms with Crippen molar-refractivity contribution in [3.8, 4) is 0 Å². The number of carboxylic acid groups (broad SMARTS) is 2. The van der Waals surface area contributed by atoms with Crippen LogP contribution in [0, 0.1) is 0 Å². The van der Waals surface area contributed by atoms with Gasteiger partial charge in [0.1, 0.15) is 17.9 Å². The van der Waals surface area contributed by atoms with Crippen LogP contribution in [-0.2, 0) is 30.4 Å². The molecule has 2 rings (SSSR count). The van der Waals surface area contributed by atoms with Gasteiger partial charge in [-0.25, -0.2) is 4.79 Å². The number of nitrogens with zero attached hydrogens (tertiary/aromatic N) is 1. The first-order valence-electron chi connectivity index (χ1n) is 13.5. The Balaban J connectivity index is 1.93. The molecule has 12 heteroatoms. The Morgan fingerprint density at radius 3 is 2.41 bits per heavy atom. The predicted molar refractivity (Wildman–Crippen MR) is 144 cm³/mol. The number of carboxylic acids is 2. The number of aliphatic carboxylic acids is 2. The average molecular weight is 548 g/mol. The Bertz CT molecular complexity index is 959. The number of likely N-dealkylation sites (tertiary alicyclic amines) is 1. The van der Waals surface area contributed by atoms with Crippen LogP contribution in [0.3, 0.4) is 0 Å². The van der Waals surface area contributed by atoms with Crippen molar-refractivity contribution < 1.29 is 34.2 Å². The molecule has 0 aromatic heterocycles. The number of hydrogen-bond donors (Lipinski definition) is 6.